The smallest absolute Gasteiger partial charge is 0.115 e. The van der Waals surface area contributed by atoms with Gasteiger partial charge in [-0.25, -0.2) is 9.66 Å². The molecule has 0 saturated heterocycles. The van der Waals surface area contributed by atoms with Crippen LogP contribution < -0.4 is 5.01 Å². The maximum absolute atomic E-state index is 8.97. The van der Waals surface area contributed by atoms with E-state index in [1.807, 2.05) is 54.2 Å². The van der Waals surface area contributed by atoms with Gasteiger partial charge in [-0.3, -0.25) is 5.01 Å². The summed E-state index contributed by atoms with van der Waals surface area (Å²) in [4.78, 5) is 4.22. The van der Waals surface area contributed by atoms with Crippen LogP contribution >= 0.6 is 15.9 Å². The van der Waals surface area contributed by atoms with Gasteiger partial charge in [0.1, 0.15) is 6.33 Å². The number of anilines is 1. The van der Waals surface area contributed by atoms with Crippen molar-refractivity contribution in [1.29, 1.82) is 5.26 Å². The third-order valence-electron chi connectivity index (χ3n) is 3.60. The summed E-state index contributed by atoms with van der Waals surface area (Å²) in [7, 11) is 0. The van der Waals surface area contributed by atoms with E-state index in [1.165, 1.54) is 5.56 Å². The summed E-state index contributed by atoms with van der Waals surface area (Å²) in [5, 5.41) is 11.1. The van der Waals surface area contributed by atoms with Gasteiger partial charge in [0.2, 0.25) is 0 Å². The van der Waals surface area contributed by atoms with Crippen LogP contribution in [-0.4, -0.2) is 9.66 Å². The minimum atomic E-state index is 0.652. The molecule has 0 N–H and O–H groups in total. The van der Waals surface area contributed by atoms with Crippen molar-refractivity contribution in [1.82, 2.24) is 9.66 Å². The molecule has 3 rings (SSSR count). The number of rotatable bonds is 4. The molecule has 0 saturated carbocycles. The highest BCUT2D eigenvalue weighted by Crippen LogP contribution is 2.21. The second-order valence-corrected chi connectivity index (χ2v) is 6.14. The zero-order valence-corrected chi connectivity index (χ0v) is 14.2. The van der Waals surface area contributed by atoms with Gasteiger partial charge >= 0.3 is 0 Å². The Morgan fingerprint density at radius 1 is 1.13 bits per heavy atom. The molecule has 4 nitrogen and oxygen atoms in total. The van der Waals surface area contributed by atoms with Gasteiger partial charge in [-0.1, -0.05) is 28.1 Å². The molecule has 5 heteroatoms. The fraction of sp³-hybridized carbons (Fsp3) is 0.111. The molecule has 0 radical (unpaired) electrons. The molecular formula is C18H15BrN4. The summed E-state index contributed by atoms with van der Waals surface area (Å²) in [5.74, 6) is 0. The van der Waals surface area contributed by atoms with Crippen molar-refractivity contribution in [2.75, 3.05) is 5.01 Å². The van der Waals surface area contributed by atoms with Crippen molar-refractivity contribution in [3.8, 4) is 6.07 Å². The summed E-state index contributed by atoms with van der Waals surface area (Å²) in [5.41, 5.74) is 3.89. The maximum Gasteiger partial charge on any atom is 0.115 e. The highest BCUT2D eigenvalue weighted by molar-refractivity contribution is 9.10. The van der Waals surface area contributed by atoms with Gasteiger partial charge in [0.25, 0.3) is 0 Å². The summed E-state index contributed by atoms with van der Waals surface area (Å²) < 4.78 is 3.08. The Morgan fingerprint density at radius 2 is 1.83 bits per heavy atom. The first kappa shape index (κ1) is 15.3. The first-order valence-corrected chi connectivity index (χ1v) is 7.98. The molecule has 0 aliphatic carbocycles. The normalized spacial score (nSPS) is 10.3. The summed E-state index contributed by atoms with van der Waals surface area (Å²) in [6.45, 7) is 2.72. The highest BCUT2D eigenvalue weighted by atomic mass is 79.9. The van der Waals surface area contributed by atoms with Gasteiger partial charge in [-0.2, -0.15) is 5.26 Å². The molecule has 1 aromatic heterocycles. The van der Waals surface area contributed by atoms with Crippen molar-refractivity contribution in [2.24, 2.45) is 0 Å². The summed E-state index contributed by atoms with van der Waals surface area (Å²) in [6.07, 6.45) is 3.63. The Balaban J connectivity index is 1.98. The number of aryl methyl sites for hydroxylation is 1. The molecule has 0 aliphatic heterocycles. The fourth-order valence-electron chi connectivity index (χ4n) is 2.37. The number of imidazole rings is 1. The molecular weight excluding hydrogens is 352 g/mol. The SMILES string of the molecule is Cc1cncn1N(Cc1ccc(Br)cc1)c1ccc(C#N)cc1. The van der Waals surface area contributed by atoms with Gasteiger partial charge in [0.05, 0.1) is 29.6 Å². The predicted octanol–water partition coefficient (Wildman–Crippen LogP) is 4.30. The van der Waals surface area contributed by atoms with Crippen LogP contribution in [0.4, 0.5) is 5.69 Å². The van der Waals surface area contributed by atoms with E-state index in [1.54, 1.807) is 6.33 Å². The van der Waals surface area contributed by atoms with Crippen molar-refractivity contribution in [2.45, 2.75) is 13.5 Å². The Labute approximate surface area is 143 Å². The van der Waals surface area contributed by atoms with Crippen LogP contribution in [0, 0.1) is 18.3 Å². The fourth-order valence-corrected chi connectivity index (χ4v) is 2.63. The van der Waals surface area contributed by atoms with Gasteiger partial charge in [0, 0.05) is 10.7 Å². The van der Waals surface area contributed by atoms with Gasteiger partial charge in [-0.05, 0) is 48.9 Å². The number of nitriles is 1. The van der Waals surface area contributed by atoms with Crippen molar-refractivity contribution < 1.29 is 0 Å². The van der Waals surface area contributed by atoms with Gasteiger partial charge in [0.15, 0.2) is 0 Å². The summed E-state index contributed by atoms with van der Waals surface area (Å²) in [6, 6.07) is 18.0. The number of halogens is 1. The highest BCUT2D eigenvalue weighted by Gasteiger charge is 2.12. The van der Waals surface area contributed by atoms with Crippen LogP contribution in [0.15, 0.2) is 65.5 Å². The molecule has 0 unspecified atom stereocenters. The van der Waals surface area contributed by atoms with Gasteiger partial charge < -0.3 is 0 Å². The first-order chi connectivity index (χ1) is 11.2. The van der Waals surface area contributed by atoms with Crippen LogP contribution in [0.1, 0.15) is 16.8 Å². The lowest BCUT2D eigenvalue weighted by Crippen LogP contribution is -2.29. The predicted molar refractivity (Wildman–Crippen MR) is 93.8 cm³/mol. The number of aromatic nitrogens is 2. The van der Waals surface area contributed by atoms with Crippen LogP contribution in [-0.2, 0) is 6.54 Å². The molecule has 0 aliphatic rings. The lowest BCUT2D eigenvalue weighted by Gasteiger charge is -2.27. The van der Waals surface area contributed by atoms with Crippen LogP contribution in [0.2, 0.25) is 0 Å². The van der Waals surface area contributed by atoms with E-state index in [-0.39, 0.29) is 0 Å². The molecule has 1 heterocycles. The Morgan fingerprint density at radius 3 is 2.39 bits per heavy atom. The van der Waals surface area contributed by atoms with E-state index < -0.39 is 0 Å². The monoisotopic (exact) mass is 366 g/mol. The zero-order chi connectivity index (χ0) is 16.2. The third-order valence-corrected chi connectivity index (χ3v) is 4.13. The molecule has 23 heavy (non-hydrogen) atoms. The second kappa shape index (κ2) is 6.67. The standard InChI is InChI=1S/C18H15BrN4/c1-14-11-21-13-23(14)22(12-16-2-6-17(19)7-3-16)18-8-4-15(10-20)5-9-18/h2-9,11,13H,12H2,1H3. The molecule has 3 aromatic rings. The Bertz CT molecular complexity index is 829. The van der Waals surface area contributed by atoms with E-state index in [2.05, 4.69) is 44.1 Å². The molecule has 0 fully saturated rings. The average Bonchev–Trinajstić information content (AvgIpc) is 3.00. The molecule has 0 amide bonds. The van der Waals surface area contributed by atoms with E-state index >= 15 is 0 Å². The summed E-state index contributed by atoms with van der Waals surface area (Å²) >= 11 is 3.46. The third kappa shape index (κ3) is 3.43. The Kier molecular flexibility index (Phi) is 4.45. The van der Waals surface area contributed by atoms with Crippen molar-refractivity contribution in [3.05, 3.63) is 82.3 Å². The Hall–Kier alpha value is -2.58. The number of nitrogens with zero attached hydrogens (tertiary/aromatic N) is 4. The quantitative estimate of drug-likeness (QED) is 0.691. The lowest BCUT2D eigenvalue weighted by atomic mass is 10.2. The zero-order valence-electron chi connectivity index (χ0n) is 12.6. The van der Waals surface area contributed by atoms with Gasteiger partial charge in [-0.15, -0.1) is 0 Å². The number of hydrogen-bond donors (Lipinski definition) is 0. The van der Waals surface area contributed by atoms with Crippen LogP contribution in [0.25, 0.3) is 0 Å². The first-order valence-electron chi connectivity index (χ1n) is 7.19. The number of hydrogen-bond acceptors (Lipinski definition) is 3. The molecule has 0 bridgehead atoms. The number of benzene rings is 2. The molecule has 0 spiro atoms. The second-order valence-electron chi connectivity index (χ2n) is 5.22. The largest absolute Gasteiger partial charge is 0.276 e. The van der Waals surface area contributed by atoms with Crippen LogP contribution in [0.3, 0.4) is 0 Å². The minimum Gasteiger partial charge on any atom is -0.276 e. The molecule has 2 aromatic carbocycles. The van der Waals surface area contributed by atoms with E-state index in [9.17, 15) is 0 Å². The topological polar surface area (TPSA) is 44.9 Å². The van der Waals surface area contributed by atoms with Crippen molar-refractivity contribution >= 4 is 21.6 Å². The van der Waals surface area contributed by atoms with Crippen LogP contribution in [0.5, 0.6) is 0 Å². The maximum atomic E-state index is 8.97. The molecule has 0 atom stereocenters. The van der Waals surface area contributed by atoms with E-state index in [0.717, 1.165) is 15.9 Å². The minimum absolute atomic E-state index is 0.652. The lowest BCUT2D eigenvalue weighted by molar-refractivity contribution is 0.671. The average molecular weight is 367 g/mol. The van der Waals surface area contributed by atoms with Crippen molar-refractivity contribution in [3.63, 3.8) is 0 Å². The molecule has 114 valence electrons. The van der Waals surface area contributed by atoms with E-state index in [0.29, 0.717) is 12.1 Å². The van der Waals surface area contributed by atoms with E-state index in [4.69, 9.17) is 5.26 Å².